The molecule has 0 radical (unpaired) electrons. The molecule has 1 N–H and O–H groups in total. The van der Waals surface area contributed by atoms with E-state index >= 15 is 0 Å². The summed E-state index contributed by atoms with van der Waals surface area (Å²) in [6.45, 7) is 4.02. The summed E-state index contributed by atoms with van der Waals surface area (Å²) in [7, 11) is 1.84. The Bertz CT molecular complexity index is 438. The van der Waals surface area contributed by atoms with E-state index in [4.69, 9.17) is 23.2 Å². The van der Waals surface area contributed by atoms with Crippen LogP contribution in [0.5, 0.6) is 0 Å². The van der Waals surface area contributed by atoms with Gasteiger partial charge in [0.2, 0.25) is 5.91 Å². The first-order valence-corrected chi connectivity index (χ1v) is 7.68. The van der Waals surface area contributed by atoms with E-state index in [9.17, 15) is 4.79 Å². The number of unbranched alkanes of at least 4 members (excludes halogenated alkanes) is 1. The molecule has 0 spiro atoms. The molecule has 0 aliphatic carbocycles. The van der Waals surface area contributed by atoms with Crippen LogP contribution in [0.3, 0.4) is 0 Å². The maximum atomic E-state index is 11.8. The number of halogens is 2. The predicted molar refractivity (Wildman–Crippen MR) is 85.6 cm³/mol. The Balaban J connectivity index is 2.26. The third kappa shape index (κ3) is 6.12. The smallest absolute Gasteiger partial charge is 0.236 e. The number of nitrogens with one attached hydrogen (secondary N) is 1. The average Bonchev–Trinajstić information content (AvgIpc) is 2.42. The van der Waals surface area contributed by atoms with E-state index in [-0.39, 0.29) is 5.91 Å². The van der Waals surface area contributed by atoms with Crippen LogP contribution in [-0.4, -0.2) is 37.5 Å². The van der Waals surface area contributed by atoms with E-state index in [1.807, 2.05) is 19.2 Å². The molecule has 0 atom stereocenters. The molecule has 0 fully saturated rings. The molecule has 0 aliphatic rings. The molecular formula is C15H22Cl2N2O. The minimum Gasteiger partial charge on any atom is -0.345 e. The van der Waals surface area contributed by atoms with Crippen LogP contribution in [0.15, 0.2) is 18.2 Å². The molecule has 0 unspecified atom stereocenters. The van der Waals surface area contributed by atoms with Crippen molar-refractivity contribution in [3.05, 3.63) is 33.8 Å². The molecular weight excluding hydrogens is 295 g/mol. The van der Waals surface area contributed by atoms with E-state index in [0.29, 0.717) is 23.1 Å². The Hall–Kier alpha value is -0.770. The van der Waals surface area contributed by atoms with Crippen molar-refractivity contribution in [3.63, 3.8) is 0 Å². The van der Waals surface area contributed by atoms with Gasteiger partial charge in [-0.05, 0) is 37.1 Å². The first kappa shape index (κ1) is 17.3. The van der Waals surface area contributed by atoms with Crippen molar-refractivity contribution in [1.29, 1.82) is 0 Å². The summed E-state index contributed by atoms with van der Waals surface area (Å²) in [5.74, 6) is 0.126. The number of likely N-dealkylation sites (N-methyl/N-ethyl adjacent to an activating group) is 1. The van der Waals surface area contributed by atoms with Crippen molar-refractivity contribution in [2.45, 2.75) is 26.2 Å². The number of amides is 1. The molecule has 0 aromatic heterocycles. The van der Waals surface area contributed by atoms with Crippen molar-refractivity contribution in [1.82, 2.24) is 10.2 Å². The zero-order chi connectivity index (χ0) is 15.0. The molecule has 1 rings (SSSR count). The summed E-state index contributed by atoms with van der Waals surface area (Å²) in [5, 5.41) is 4.46. The van der Waals surface area contributed by atoms with Crippen LogP contribution in [-0.2, 0) is 11.2 Å². The fourth-order valence-corrected chi connectivity index (χ4v) is 2.30. The standard InChI is InChI=1S/C15H22Cl2N2O/c1-3-4-9-19(2)15(20)11-18-8-7-12-5-6-13(16)10-14(12)17/h5-6,10,18H,3-4,7-9,11H2,1-2H3. The number of hydrogen-bond donors (Lipinski definition) is 1. The van der Waals surface area contributed by atoms with Gasteiger partial charge in [-0.1, -0.05) is 42.6 Å². The van der Waals surface area contributed by atoms with E-state index < -0.39 is 0 Å². The van der Waals surface area contributed by atoms with Gasteiger partial charge >= 0.3 is 0 Å². The van der Waals surface area contributed by atoms with Crippen LogP contribution in [0.1, 0.15) is 25.3 Å². The first-order chi connectivity index (χ1) is 9.54. The molecule has 1 aromatic rings. The molecule has 0 heterocycles. The molecule has 112 valence electrons. The summed E-state index contributed by atoms with van der Waals surface area (Å²) < 4.78 is 0. The SMILES string of the molecule is CCCCN(C)C(=O)CNCCc1ccc(Cl)cc1Cl. The van der Waals surface area contributed by atoms with Crippen molar-refractivity contribution in [2.75, 3.05) is 26.7 Å². The quantitative estimate of drug-likeness (QED) is 0.746. The van der Waals surface area contributed by atoms with Gasteiger partial charge in [-0.25, -0.2) is 0 Å². The Labute approximate surface area is 131 Å². The number of benzene rings is 1. The highest BCUT2D eigenvalue weighted by molar-refractivity contribution is 6.35. The maximum absolute atomic E-state index is 11.8. The average molecular weight is 317 g/mol. The number of rotatable bonds is 8. The predicted octanol–water partition coefficient (Wildman–Crippen LogP) is 3.38. The highest BCUT2D eigenvalue weighted by atomic mass is 35.5. The lowest BCUT2D eigenvalue weighted by Crippen LogP contribution is -2.36. The third-order valence-electron chi connectivity index (χ3n) is 3.14. The number of hydrogen-bond acceptors (Lipinski definition) is 2. The number of nitrogens with zero attached hydrogens (tertiary/aromatic N) is 1. The fraction of sp³-hybridized carbons (Fsp3) is 0.533. The van der Waals surface area contributed by atoms with Gasteiger partial charge in [0.25, 0.3) is 0 Å². The molecule has 0 bridgehead atoms. The maximum Gasteiger partial charge on any atom is 0.236 e. The summed E-state index contributed by atoms with van der Waals surface area (Å²) in [6, 6.07) is 5.48. The Morgan fingerprint density at radius 2 is 2.10 bits per heavy atom. The molecule has 20 heavy (non-hydrogen) atoms. The molecule has 0 saturated carbocycles. The van der Waals surface area contributed by atoms with Gasteiger partial charge in [0, 0.05) is 23.6 Å². The summed E-state index contributed by atoms with van der Waals surface area (Å²) in [5.41, 5.74) is 1.04. The summed E-state index contributed by atoms with van der Waals surface area (Å²) >= 11 is 11.9. The van der Waals surface area contributed by atoms with Crippen molar-refractivity contribution >= 4 is 29.1 Å². The Morgan fingerprint density at radius 3 is 2.75 bits per heavy atom. The van der Waals surface area contributed by atoms with Gasteiger partial charge in [-0.2, -0.15) is 0 Å². The monoisotopic (exact) mass is 316 g/mol. The lowest BCUT2D eigenvalue weighted by molar-refractivity contribution is -0.129. The molecule has 0 saturated heterocycles. The summed E-state index contributed by atoms with van der Waals surface area (Å²) in [6.07, 6.45) is 2.92. The van der Waals surface area contributed by atoms with Crippen LogP contribution >= 0.6 is 23.2 Å². The fourth-order valence-electron chi connectivity index (χ4n) is 1.80. The van der Waals surface area contributed by atoms with Crippen molar-refractivity contribution < 1.29 is 4.79 Å². The zero-order valence-corrected chi connectivity index (χ0v) is 13.6. The second kappa shape index (κ2) is 9.22. The number of carbonyl (C=O) groups is 1. The molecule has 1 aromatic carbocycles. The Morgan fingerprint density at radius 1 is 1.35 bits per heavy atom. The molecule has 3 nitrogen and oxygen atoms in total. The lowest BCUT2D eigenvalue weighted by atomic mass is 10.1. The van der Waals surface area contributed by atoms with Crippen LogP contribution in [0.4, 0.5) is 0 Å². The largest absolute Gasteiger partial charge is 0.345 e. The minimum atomic E-state index is 0.126. The van der Waals surface area contributed by atoms with E-state index in [2.05, 4.69) is 12.2 Å². The van der Waals surface area contributed by atoms with E-state index in [1.165, 1.54) is 0 Å². The lowest BCUT2D eigenvalue weighted by Gasteiger charge is -2.17. The zero-order valence-electron chi connectivity index (χ0n) is 12.1. The van der Waals surface area contributed by atoms with Gasteiger partial charge in [0.1, 0.15) is 0 Å². The van der Waals surface area contributed by atoms with Crippen molar-refractivity contribution in [2.24, 2.45) is 0 Å². The van der Waals surface area contributed by atoms with Gasteiger partial charge in [-0.15, -0.1) is 0 Å². The second-order valence-corrected chi connectivity index (χ2v) is 5.67. The van der Waals surface area contributed by atoms with Gasteiger partial charge in [-0.3, -0.25) is 4.79 Å². The van der Waals surface area contributed by atoms with Crippen LogP contribution < -0.4 is 5.32 Å². The molecule has 0 aliphatic heterocycles. The molecule has 1 amide bonds. The number of carbonyl (C=O) groups excluding carboxylic acids is 1. The topological polar surface area (TPSA) is 32.3 Å². The Kier molecular flexibility index (Phi) is 7.97. The molecule has 5 heteroatoms. The normalized spacial score (nSPS) is 10.6. The highest BCUT2D eigenvalue weighted by Crippen LogP contribution is 2.20. The van der Waals surface area contributed by atoms with E-state index in [1.54, 1.807) is 11.0 Å². The van der Waals surface area contributed by atoms with Crippen molar-refractivity contribution in [3.8, 4) is 0 Å². The third-order valence-corrected chi connectivity index (χ3v) is 3.72. The minimum absolute atomic E-state index is 0.126. The summed E-state index contributed by atoms with van der Waals surface area (Å²) in [4.78, 5) is 13.6. The second-order valence-electron chi connectivity index (χ2n) is 4.83. The van der Waals surface area contributed by atoms with Gasteiger partial charge < -0.3 is 10.2 Å². The van der Waals surface area contributed by atoms with Crippen LogP contribution in [0, 0.1) is 0 Å². The van der Waals surface area contributed by atoms with E-state index in [0.717, 1.165) is 31.4 Å². The van der Waals surface area contributed by atoms with Gasteiger partial charge in [0.15, 0.2) is 0 Å². The first-order valence-electron chi connectivity index (χ1n) is 6.93. The van der Waals surface area contributed by atoms with Gasteiger partial charge in [0.05, 0.1) is 6.54 Å². The highest BCUT2D eigenvalue weighted by Gasteiger charge is 2.07. The van der Waals surface area contributed by atoms with Crippen LogP contribution in [0.2, 0.25) is 10.0 Å². The van der Waals surface area contributed by atoms with Crippen LogP contribution in [0.25, 0.3) is 0 Å².